The van der Waals surface area contributed by atoms with Crippen LogP contribution in [0, 0.1) is 0 Å². The molecule has 2 spiro atoms. The fraction of sp³-hybridized carbons (Fsp3) is 0.0192. The molecule has 0 saturated heterocycles. The van der Waals surface area contributed by atoms with Gasteiger partial charge in [-0.3, -0.25) is 9.13 Å². The first-order valence-corrected chi connectivity index (χ1v) is 40.0. The second-order valence-electron chi connectivity index (χ2n) is 30.1. The number of aromatic nitrogens is 6. The summed E-state index contributed by atoms with van der Waals surface area (Å²) < 4.78 is 4.86. The van der Waals surface area contributed by atoms with Crippen molar-refractivity contribution >= 4 is 110 Å². The van der Waals surface area contributed by atoms with Crippen molar-refractivity contribution in [1.29, 1.82) is 0 Å². The zero-order valence-electron chi connectivity index (χ0n) is 60.1. The molecule has 17 aromatic carbocycles. The predicted octanol–water partition coefficient (Wildman–Crippen LogP) is 26.4. The molecular weight excluding hydrogens is 1400 g/mol. The van der Waals surface area contributed by atoms with Crippen LogP contribution in [0.4, 0.5) is 0 Å². The SMILES string of the molecule is c1ccc(-c2ccc(-c3nc(-n4c5c6c(ccc5c5ccc7ccccc7c54)C4(c5ccccc5S6)c5ccccc5-c5c(-c6ccc7c(-c8ccccc8)nc(-n8c9c%10c(ccc9c9ccc%11ccccc%11c98)C8(c9ccccc9S%10)c9ccccc9-c9ccccc98)nc7c6)cccc54)nc4ccccc34)cc2)cc1. The van der Waals surface area contributed by atoms with Gasteiger partial charge in [-0.15, -0.1) is 0 Å². The molecule has 25 rings (SSSR count). The first kappa shape index (κ1) is 62.2. The van der Waals surface area contributed by atoms with E-state index in [1.54, 1.807) is 0 Å². The van der Waals surface area contributed by atoms with E-state index in [-0.39, 0.29) is 0 Å². The van der Waals surface area contributed by atoms with Gasteiger partial charge in [0, 0.05) is 73.8 Å². The highest BCUT2D eigenvalue weighted by Crippen LogP contribution is 2.67. The lowest BCUT2D eigenvalue weighted by molar-refractivity contribution is 0.724. The van der Waals surface area contributed by atoms with E-state index in [9.17, 15) is 0 Å². The van der Waals surface area contributed by atoms with Crippen molar-refractivity contribution in [1.82, 2.24) is 29.1 Å². The Hall–Kier alpha value is -13.8. The van der Waals surface area contributed by atoms with Gasteiger partial charge in [0.05, 0.1) is 55.3 Å². The van der Waals surface area contributed by atoms with Crippen molar-refractivity contribution in [2.75, 3.05) is 0 Å². The summed E-state index contributed by atoms with van der Waals surface area (Å²) in [5.74, 6) is 1.24. The largest absolute Gasteiger partial charge is 0.276 e. The van der Waals surface area contributed by atoms with Gasteiger partial charge in [0.1, 0.15) is 0 Å². The molecule has 0 fully saturated rings. The normalized spacial score (nSPS) is 14.6. The zero-order chi connectivity index (χ0) is 73.1. The Morgan fingerprint density at radius 1 is 0.223 bits per heavy atom. The Kier molecular flexibility index (Phi) is 13.0. The second-order valence-corrected chi connectivity index (χ2v) is 32.2. The molecule has 0 radical (unpaired) electrons. The summed E-state index contributed by atoms with van der Waals surface area (Å²) in [6.45, 7) is 0. The zero-order valence-corrected chi connectivity index (χ0v) is 61.8. The van der Waals surface area contributed by atoms with Gasteiger partial charge in [-0.05, 0) is 130 Å². The molecular formula is C104H60N6S2. The van der Waals surface area contributed by atoms with Gasteiger partial charge < -0.3 is 0 Å². The number of fused-ring (bicyclic) bond motifs is 32. The van der Waals surface area contributed by atoms with Crippen LogP contribution in [-0.4, -0.2) is 29.1 Å². The van der Waals surface area contributed by atoms with Crippen molar-refractivity contribution < 1.29 is 0 Å². The van der Waals surface area contributed by atoms with E-state index in [0.29, 0.717) is 11.9 Å². The van der Waals surface area contributed by atoms with Gasteiger partial charge in [0.25, 0.3) is 0 Å². The van der Waals surface area contributed by atoms with E-state index < -0.39 is 10.8 Å². The molecule has 0 N–H and O–H groups in total. The summed E-state index contributed by atoms with van der Waals surface area (Å²) in [5.41, 5.74) is 28.1. The van der Waals surface area contributed by atoms with Gasteiger partial charge in [-0.25, -0.2) is 19.9 Å². The molecule has 8 heteroatoms. The highest BCUT2D eigenvalue weighted by atomic mass is 32.2. The van der Waals surface area contributed by atoms with Crippen LogP contribution < -0.4 is 0 Å². The molecule has 112 heavy (non-hydrogen) atoms. The lowest BCUT2D eigenvalue weighted by Crippen LogP contribution is -2.32. The van der Waals surface area contributed by atoms with Crippen LogP contribution in [0.15, 0.2) is 384 Å². The molecule has 518 valence electrons. The molecule has 1 atom stereocenters. The molecule has 1 unspecified atom stereocenters. The average Bonchev–Trinajstić information content (AvgIpc) is 1.50. The van der Waals surface area contributed by atoms with E-state index in [0.717, 1.165) is 126 Å². The summed E-state index contributed by atoms with van der Waals surface area (Å²) in [6.07, 6.45) is 0. The minimum atomic E-state index is -0.766. The number of rotatable bonds is 6. The fourth-order valence-corrected chi connectivity index (χ4v) is 22.8. The van der Waals surface area contributed by atoms with Crippen molar-refractivity contribution in [3.63, 3.8) is 0 Å². The number of hydrogen-bond acceptors (Lipinski definition) is 6. The van der Waals surface area contributed by atoms with Gasteiger partial charge in [-0.2, -0.15) is 0 Å². The average molecular weight is 1460 g/mol. The molecule has 0 bridgehead atoms. The Morgan fingerprint density at radius 3 is 1.20 bits per heavy atom. The molecule has 0 amide bonds. The Labute approximate surface area is 652 Å². The first-order chi connectivity index (χ1) is 55.6. The molecule has 6 heterocycles. The highest BCUT2D eigenvalue weighted by Gasteiger charge is 2.53. The third-order valence-electron chi connectivity index (χ3n) is 24.7. The molecule has 21 aromatic rings. The molecule has 4 aromatic heterocycles. The third-order valence-corrected chi connectivity index (χ3v) is 27.1. The van der Waals surface area contributed by atoms with Crippen molar-refractivity contribution in [2.45, 2.75) is 30.4 Å². The smallest absolute Gasteiger partial charge is 0.235 e. The summed E-state index contributed by atoms with van der Waals surface area (Å²) in [6, 6.07) is 135. The quantitative estimate of drug-likeness (QED) is 0.165. The minimum absolute atomic E-state index is 0.597. The number of nitrogens with zero attached hydrogens (tertiary/aromatic N) is 6. The monoisotopic (exact) mass is 1460 g/mol. The number of benzene rings is 17. The second kappa shape index (κ2) is 23.4. The van der Waals surface area contributed by atoms with E-state index >= 15 is 0 Å². The summed E-state index contributed by atoms with van der Waals surface area (Å²) >= 11 is 3.75. The molecule has 6 nitrogen and oxygen atoms in total. The van der Waals surface area contributed by atoms with E-state index in [1.165, 1.54) is 91.9 Å². The summed E-state index contributed by atoms with van der Waals surface area (Å²) in [5, 5.41) is 11.2. The van der Waals surface area contributed by atoms with Crippen LogP contribution >= 0.6 is 23.5 Å². The molecule has 2 aliphatic carbocycles. The van der Waals surface area contributed by atoms with Gasteiger partial charge >= 0.3 is 0 Å². The van der Waals surface area contributed by atoms with Gasteiger partial charge in [0.15, 0.2) is 0 Å². The highest BCUT2D eigenvalue weighted by molar-refractivity contribution is 8.00. The predicted molar refractivity (Wildman–Crippen MR) is 461 cm³/mol. The maximum atomic E-state index is 6.01. The minimum Gasteiger partial charge on any atom is -0.276 e. The summed E-state index contributed by atoms with van der Waals surface area (Å²) in [7, 11) is 0. The standard InChI is InChI=1S/C104H60N6S2/c1-3-24-61(25-4-1)62-46-48-66(49-47-62)94-78-35-14-20-43-88(78)105-101(108-94)109-95-69-30-9-7-26-63(69)50-53-73(95)76-57-59-87-100(98(76)109)112-91-45-22-19-41-84(91)104(87)82-39-17-13-34-77(82)92-68(36-23-42-85(92)104)67-52-55-79-89(60-67)106-102(107-93(79)65-28-5-2-6-29-65)110-96-70-31-10-8-27-64(70)51-54-74(96)75-56-58-86-99(97(75)110)111-90-44-21-18-40-83(90)103(86)80-37-15-11-32-71(80)72-33-12-16-38-81(72)103/h1-60H. The van der Waals surface area contributed by atoms with E-state index in [1.807, 2.05) is 23.5 Å². The summed E-state index contributed by atoms with van der Waals surface area (Å²) in [4.78, 5) is 28.2. The first-order valence-electron chi connectivity index (χ1n) is 38.3. The Morgan fingerprint density at radius 2 is 0.607 bits per heavy atom. The van der Waals surface area contributed by atoms with E-state index in [4.69, 9.17) is 19.9 Å². The molecule has 4 aliphatic rings. The van der Waals surface area contributed by atoms with Gasteiger partial charge in [0.2, 0.25) is 11.9 Å². The van der Waals surface area contributed by atoms with Crippen LogP contribution in [0.3, 0.4) is 0 Å². The van der Waals surface area contributed by atoms with Crippen LogP contribution in [0.25, 0.3) is 166 Å². The lowest BCUT2D eigenvalue weighted by atomic mass is 9.67. The third kappa shape index (κ3) is 8.35. The maximum absolute atomic E-state index is 6.01. The van der Waals surface area contributed by atoms with Crippen molar-refractivity contribution in [3.8, 4) is 78.9 Å². The number of para-hydroxylation sites is 1. The van der Waals surface area contributed by atoms with Gasteiger partial charge in [-0.1, -0.05) is 357 Å². The fourth-order valence-electron chi connectivity index (χ4n) is 20.1. The topological polar surface area (TPSA) is 61.4 Å². The van der Waals surface area contributed by atoms with Crippen molar-refractivity contribution in [2.24, 2.45) is 0 Å². The maximum Gasteiger partial charge on any atom is 0.235 e. The molecule has 2 aliphatic heterocycles. The lowest BCUT2D eigenvalue weighted by Gasteiger charge is -2.40. The Balaban J connectivity index is 0.730. The van der Waals surface area contributed by atoms with E-state index in [2.05, 4.69) is 373 Å². The van der Waals surface area contributed by atoms with Crippen LogP contribution in [0.1, 0.15) is 44.5 Å². The Bertz CT molecular complexity index is 7660. The van der Waals surface area contributed by atoms with Crippen LogP contribution in [-0.2, 0) is 10.8 Å². The van der Waals surface area contributed by atoms with Crippen LogP contribution in [0.5, 0.6) is 0 Å². The van der Waals surface area contributed by atoms with Crippen LogP contribution in [0.2, 0.25) is 0 Å². The molecule has 0 saturated carbocycles. The number of hydrogen-bond donors (Lipinski definition) is 0. The van der Waals surface area contributed by atoms with Crippen molar-refractivity contribution in [3.05, 3.63) is 408 Å².